The van der Waals surface area contributed by atoms with Crippen molar-refractivity contribution in [3.8, 4) is 5.75 Å². The van der Waals surface area contributed by atoms with Crippen LogP contribution in [-0.4, -0.2) is 11.7 Å². The zero-order chi connectivity index (χ0) is 9.54. The molecule has 2 heteroatoms. The molecule has 0 aromatic heterocycles. The second kappa shape index (κ2) is 2.72. The minimum Gasteiger partial charge on any atom is -0.489 e. The molecule has 0 amide bonds. The molecule has 2 aromatic carbocycles. The average Bonchev–Trinajstić information content (AvgIpc) is 2.61. The van der Waals surface area contributed by atoms with Crippen LogP contribution in [0.2, 0.25) is 0 Å². The van der Waals surface area contributed by atoms with E-state index in [1.54, 1.807) is 0 Å². The van der Waals surface area contributed by atoms with Crippen LogP contribution in [0.3, 0.4) is 0 Å². The normalized spacial score (nSPS) is 19.4. The molecule has 0 bridgehead atoms. The number of hydrogen-bond acceptors (Lipinski definition) is 2. The summed E-state index contributed by atoms with van der Waals surface area (Å²) in [4.78, 5) is 0. The van der Waals surface area contributed by atoms with Gasteiger partial charge >= 0.3 is 0 Å². The molecule has 0 radical (unpaired) electrons. The lowest BCUT2D eigenvalue weighted by molar-refractivity contribution is 0.141. The largest absolute Gasteiger partial charge is 0.489 e. The molecule has 1 unspecified atom stereocenters. The van der Waals surface area contributed by atoms with Crippen LogP contribution in [0.5, 0.6) is 5.75 Å². The van der Waals surface area contributed by atoms with Gasteiger partial charge in [-0.25, -0.2) is 0 Å². The maximum Gasteiger partial charge on any atom is 0.133 e. The molecule has 0 fully saturated rings. The number of fused-ring (bicyclic) bond motifs is 3. The minimum absolute atomic E-state index is 0.378. The number of ether oxygens (including phenoxy) is 1. The van der Waals surface area contributed by atoms with Gasteiger partial charge in [-0.15, -0.1) is 0 Å². The third-order valence-corrected chi connectivity index (χ3v) is 2.65. The fourth-order valence-electron chi connectivity index (χ4n) is 1.94. The van der Waals surface area contributed by atoms with Crippen molar-refractivity contribution in [2.24, 2.45) is 0 Å². The lowest BCUT2D eigenvalue weighted by atomic mass is 10.0. The van der Waals surface area contributed by atoms with E-state index in [1.807, 2.05) is 36.4 Å². The maximum atomic E-state index is 9.62. The number of aliphatic hydroxyl groups excluding tert-OH is 1. The summed E-state index contributed by atoms with van der Waals surface area (Å²) in [5.74, 6) is 0.843. The Labute approximate surface area is 81.7 Å². The second-order valence-corrected chi connectivity index (χ2v) is 3.53. The molecule has 1 aliphatic heterocycles. The van der Waals surface area contributed by atoms with E-state index in [-0.39, 0.29) is 0 Å². The Bertz CT molecular complexity index is 491. The van der Waals surface area contributed by atoms with Gasteiger partial charge in [-0.2, -0.15) is 0 Å². The van der Waals surface area contributed by atoms with Gasteiger partial charge < -0.3 is 9.84 Å². The van der Waals surface area contributed by atoms with Crippen LogP contribution in [0.15, 0.2) is 36.4 Å². The monoisotopic (exact) mass is 186 g/mol. The molecule has 1 N–H and O–H groups in total. The fourth-order valence-corrected chi connectivity index (χ4v) is 1.94. The molecule has 0 spiro atoms. The first kappa shape index (κ1) is 7.83. The van der Waals surface area contributed by atoms with Crippen molar-refractivity contribution in [2.45, 2.75) is 6.10 Å². The van der Waals surface area contributed by atoms with E-state index in [2.05, 4.69) is 0 Å². The number of aliphatic hydroxyl groups is 1. The summed E-state index contributed by atoms with van der Waals surface area (Å²) in [7, 11) is 0. The lowest BCUT2D eigenvalue weighted by Gasteiger charge is -2.04. The second-order valence-electron chi connectivity index (χ2n) is 3.53. The van der Waals surface area contributed by atoms with Gasteiger partial charge in [-0.1, -0.05) is 36.4 Å². The predicted octanol–water partition coefficient (Wildman–Crippen LogP) is 2.27. The van der Waals surface area contributed by atoms with E-state index in [0.29, 0.717) is 6.61 Å². The van der Waals surface area contributed by atoms with Crippen molar-refractivity contribution in [1.29, 1.82) is 0 Å². The highest BCUT2D eigenvalue weighted by atomic mass is 16.5. The Morgan fingerprint density at radius 1 is 1.14 bits per heavy atom. The van der Waals surface area contributed by atoms with E-state index in [1.165, 1.54) is 0 Å². The summed E-state index contributed by atoms with van der Waals surface area (Å²) in [6.45, 7) is 0.378. The van der Waals surface area contributed by atoms with Crippen molar-refractivity contribution in [1.82, 2.24) is 0 Å². The minimum atomic E-state index is -0.463. The molecular weight excluding hydrogens is 176 g/mol. The van der Waals surface area contributed by atoms with Crippen molar-refractivity contribution >= 4 is 10.8 Å². The van der Waals surface area contributed by atoms with Gasteiger partial charge in [0.25, 0.3) is 0 Å². The molecule has 14 heavy (non-hydrogen) atoms. The Balaban J connectivity index is 2.38. The number of benzene rings is 2. The Morgan fingerprint density at radius 3 is 2.93 bits per heavy atom. The first-order valence-corrected chi connectivity index (χ1v) is 4.69. The molecule has 2 nitrogen and oxygen atoms in total. The van der Waals surface area contributed by atoms with Crippen LogP contribution in [0.1, 0.15) is 11.7 Å². The average molecular weight is 186 g/mol. The molecule has 2 aromatic rings. The zero-order valence-corrected chi connectivity index (χ0v) is 7.60. The highest BCUT2D eigenvalue weighted by molar-refractivity contribution is 5.90. The molecule has 3 rings (SSSR count). The zero-order valence-electron chi connectivity index (χ0n) is 7.60. The number of rotatable bonds is 0. The van der Waals surface area contributed by atoms with E-state index in [4.69, 9.17) is 4.74 Å². The summed E-state index contributed by atoms with van der Waals surface area (Å²) in [6, 6.07) is 12.0. The van der Waals surface area contributed by atoms with Gasteiger partial charge in [-0.3, -0.25) is 0 Å². The predicted molar refractivity (Wildman–Crippen MR) is 54.4 cm³/mol. The smallest absolute Gasteiger partial charge is 0.133 e. The van der Waals surface area contributed by atoms with Crippen molar-refractivity contribution in [3.05, 3.63) is 42.0 Å². The highest BCUT2D eigenvalue weighted by Crippen LogP contribution is 2.38. The van der Waals surface area contributed by atoms with E-state index < -0.39 is 6.10 Å². The van der Waals surface area contributed by atoms with Crippen LogP contribution >= 0.6 is 0 Å². The van der Waals surface area contributed by atoms with Gasteiger partial charge in [0.2, 0.25) is 0 Å². The SMILES string of the molecule is OC1COc2c1ccc1ccccc21. The van der Waals surface area contributed by atoms with Crippen molar-refractivity contribution in [2.75, 3.05) is 6.61 Å². The third-order valence-electron chi connectivity index (χ3n) is 2.65. The summed E-state index contributed by atoms with van der Waals surface area (Å²) < 4.78 is 5.47. The highest BCUT2D eigenvalue weighted by Gasteiger charge is 2.23. The summed E-state index contributed by atoms with van der Waals surface area (Å²) >= 11 is 0. The van der Waals surface area contributed by atoms with Crippen LogP contribution in [0.4, 0.5) is 0 Å². The van der Waals surface area contributed by atoms with Crippen molar-refractivity contribution in [3.63, 3.8) is 0 Å². The van der Waals surface area contributed by atoms with Crippen molar-refractivity contribution < 1.29 is 9.84 Å². The molecule has 0 saturated carbocycles. The summed E-state index contributed by atoms with van der Waals surface area (Å²) in [6.07, 6.45) is -0.463. The van der Waals surface area contributed by atoms with E-state index in [9.17, 15) is 5.11 Å². The standard InChI is InChI=1S/C12H10O2/c13-11-7-14-12-9-4-2-1-3-8(9)5-6-10(11)12/h1-6,11,13H,7H2. The summed E-state index contributed by atoms with van der Waals surface area (Å²) in [5.41, 5.74) is 0.906. The van der Waals surface area contributed by atoms with Gasteiger partial charge in [0, 0.05) is 10.9 Å². The van der Waals surface area contributed by atoms with Gasteiger partial charge in [0.15, 0.2) is 0 Å². The van der Waals surface area contributed by atoms with Crippen LogP contribution in [-0.2, 0) is 0 Å². The van der Waals surface area contributed by atoms with Crippen LogP contribution in [0, 0.1) is 0 Å². The molecule has 70 valence electrons. The molecule has 1 aliphatic rings. The topological polar surface area (TPSA) is 29.5 Å². The molecule has 0 aliphatic carbocycles. The van der Waals surface area contributed by atoms with Crippen LogP contribution < -0.4 is 4.74 Å². The molecule has 1 heterocycles. The fraction of sp³-hybridized carbons (Fsp3) is 0.167. The molecule has 0 saturated heterocycles. The lowest BCUT2D eigenvalue weighted by Crippen LogP contribution is -1.97. The summed E-state index contributed by atoms with van der Waals surface area (Å²) in [5, 5.41) is 11.9. The number of hydrogen-bond donors (Lipinski definition) is 1. The quantitative estimate of drug-likeness (QED) is 0.683. The molecule has 1 atom stereocenters. The van der Waals surface area contributed by atoms with E-state index in [0.717, 1.165) is 22.1 Å². The maximum absolute atomic E-state index is 9.62. The van der Waals surface area contributed by atoms with Gasteiger partial charge in [-0.05, 0) is 5.39 Å². The Hall–Kier alpha value is -1.54. The molecular formula is C12H10O2. The third kappa shape index (κ3) is 0.946. The van der Waals surface area contributed by atoms with Crippen LogP contribution in [0.25, 0.3) is 10.8 Å². The first-order chi connectivity index (χ1) is 6.86. The Morgan fingerprint density at radius 2 is 2.00 bits per heavy atom. The first-order valence-electron chi connectivity index (χ1n) is 4.69. The van der Waals surface area contributed by atoms with E-state index >= 15 is 0 Å². The van der Waals surface area contributed by atoms with Gasteiger partial charge in [0.05, 0.1) is 0 Å². The Kier molecular flexibility index (Phi) is 1.52. The van der Waals surface area contributed by atoms with Gasteiger partial charge in [0.1, 0.15) is 18.5 Å².